The molecular weight excluding hydrogens is 352 g/mol. The Bertz CT molecular complexity index is 850. The Morgan fingerprint density at radius 2 is 1.74 bits per heavy atom. The molecule has 2 aromatic rings. The second-order valence-electron chi connectivity index (χ2n) is 6.03. The van der Waals surface area contributed by atoms with Crippen LogP contribution in [0.25, 0.3) is 0 Å². The van der Waals surface area contributed by atoms with Gasteiger partial charge in [-0.1, -0.05) is 24.3 Å². The first-order valence-electron chi connectivity index (χ1n) is 8.40. The quantitative estimate of drug-likeness (QED) is 0.439. The average molecular weight is 370 g/mol. The van der Waals surface area contributed by atoms with Crippen molar-refractivity contribution in [3.8, 4) is 5.75 Å². The predicted octanol–water partition coefficient (Wildman–Crippen LogP) is 2.10. The molecule has 140 valence electrons. The van der Waals surface area contributed by atoms with Crippen LogP contribution in [-0.2, 0) is 27.3 Å². The number of carbonyl (C=O) groups is 2. The molecule has 8 nitrogen and oxygen atoms in total. The van der Waals surface area contributed by atoms with Crippen LogP contribution in [0.2, 0.25) is 0 Å². The van der Waals surface area contributed by atoms with Crippen molar-refractivity contribution in [1.82, 2.24) is 4.90 Å². The largest absolute Gasteiger partial charge is 0.482 e. The van der Waals surface area contributed by atoms with E-state index in [0.717, 1.165) is 12.0 Å². The van der Waals surface area contributed by atoms with E-state index >= 15 is 0 Å². The van der Waals surface area contributed by atoms with E-state index in [2.05, 4.69) is 0 Å². The molecule has 0 saturated heterocycles. The molecule has 0 N–H and O–H groups in total. The molecular formula is C19H18N2O6. The van der Waals surface area contributed by atoms with Gasteiger partial charge in [-0.05, 0) is 29.7 Å². The molecule has 0 radical (unpaired) electrons. The van der Waals surface area contributed by atoms with Gasteiger partial charge >= 0.3 is 5.97 Å². The minimum Gasteiger partial charge on any atom is -0.482 e. The first-order valence-corrected chi connectivity index (χ1v) is 8.40. The number of hydrogen-bond donors (Lipinski definition) is 0. The second kappa shape index (κ2) is 8.31. The van der Waals surface area contributed by atoms with Gasteiger partial charge in [0.15, 0.2) is 13.2 Å². The molecule has 27 heavy (non-hydrogen) atoms. The molecule has 1 aliphatic rings. The minimum atomic E-state index is -0.681. The van der Waals surface area contributed by atoms with Crippen molar-refractivity contribution in [1.29, 1.82) is 0 Å². The van der Waals surface area contributed by atoms with Gasteiger partial charge in [0.2, 0.25) is 0 Å². The number of rotatable bonds is 6. The third-order valence-electron chi connectivity index (χ3n) is 4.24. The van der Waals surface area contributed by atoms with E-state index in [1.54, 1.807) is 4.90 Å². The molecule has 8 heteroatoms. The number of non-ortho nitro benzene ring substituents is 1. The van der Waals surface area contributed by atoms with Crippen LogP contribution in [0, 0.1) is 10.1 Å². The van der Waals surface area contributed by atoms with Crippen molar-refractivity contribution < 1.29 is 24.0 Å². The first kappa shape index (κ1) is 18.4. The molecule has 0 fully saturated rings. The number of nitro groups is 1. The average Bonchev–Trinajstić information content (AvgIpc) is 2.70. The fourth-order valence-corrected chi connectivity index (χ4v) is 2.79. The summed E-state index contributed by atoms with van der Waals surface area (Å²) in [6.45, 7) is 0.372. The van der Waals surface area contributed by atoms with E-state index in [-0.39, 0.29) is 24.8 Å². The Labute approximate surface area is 155 Å². The molecule has 1 aliphatic heterocycles. The van der Waals surface area contributed by atoms with Gasteiger partial charge in [-0.25, -0.2) is 4.79 Å². The lowest BCUT2D eigenvalue weighted by atomic mass is 10.00. The van der Waals surface area contributed by atoms with Gasteiger partial charge < -0.3 is 14.4 Å². The molecule has 3 rings (SSSR count). The smallest absolute Gasteiger partial charge is 0.344 e. The van der Waals surface area contributed by atoms with Crippen LogP contribution in [0.15, 0.2) is 48.5 Å². The van der Waals surface area contributed by atoms with Crippen molar-refractivity contribution in [3.63, 3.8) is 0 Å². The summed E-state index contributed by atoms with van der Waals surface area (Å²) < 4.78 is 10.2. The van der Waals surface area contributed by atoms with Crippen molar-refractivity contribution in [2.45, 2.75) is 13.0 Å². The molecule has 2 aromatic carbocycles. The summed E-state index contributed by atoms with van der Waals surface area (Å²) in [5.74, 6) is -0.635. The van der Waals surface area contributed by atoms with E-state index < -0.39 is 10.9 Å². The Hall–Kier alpha value is -3.42. The Kier molecular flexibility index (Phi) is 5.65. The van der Waals surface area contributed by atoms with Gasteiger partial charge in [-0.15, -0.1) is 0 Å². The third-order valence-corrected chi connectivity index (χ3v) is 4.24. The number of nitrogens with zero attached hydrogens (tertiary/aromatic N) is 2. The molecule has 0 saturated carbocycles. The van der Waals surface area contributed by atoms with Gasteiger partial charge in [0.05, 0.1) is 4.92 Å². The fraction of sp³-hybridized carbons (Fsp3) is 0.263. The summed E-state index contributed by atoms with van der Waals surface area (Å²) in [7, 11) is 0. The Balaban J connectivity index is 1.42. The zero-order valence-corrected chi connectivity index (χ0v) is 14.5. The van der Waals surface area contributed by atoms with Gasteiger partial charge in [0.25, 0.3) is 11.6 Å². The van der Waals surface area contributed by atoms with Crippen molar-refractivity contribution >= 4 is 17.6 Å². The van der Waals surface area contributed by atoms with E-state index in [9.17, 15) is 19.7 Å². The fourth-order valence-electron chi connectivity index (χ4n) is 2.79. The van der Waals surface area contributed by atoms with Crippen LogP contribution in [0.4, 0.5) is 5.69 Å². The maximum absolute atomic E-state index is 12.2. The summed E-state index contributed by atoms with van der Waals surface area (Å²) >= 11 is 0. The standard InChI is InChI=1S/C19H18N2O6/c22-18(20-10-9-14-3-1-2-4-15(14)11-20)12-27-19(23)13-26-17-7-5-16(6-8-17)21(24)25/h1-8H,9-13H2. The van der Waals surface area contributed by atoms with Crippen LogP contribution in [-0.4, -0.2) is 41.5 Å². The third kappa shape index (κ3) is 4.81. The summed E-state index contributed by atoms with van der Waals surface area (Å²) in [4.78, 5) is 35.7. The highest BCUT2D eigenvalue weighted by Gasteiger charge is 2.21. The first-order chi connectivity index (χ1) is 13.0. The van der Waals surface area contributed by atoms with Crippen LogP contribution in [0.3, 0.4) is 0 Å². The van der Waals surface area contributed by atoms with E-state index in [1.165, 1.54) is 29.8 Å². The molecule has 1 amide bonds. The molecule has 0 atom stereocenters. The van der Waals surface area contributed by atoms with Crippen molar-refractivity contribution in [2.75, 3.05) is 19.8 Å². The molecule has 0 aromatic heterocycles. The predicted molar refractivity (Wildman–Crippen MR) is 95.1 cm³/mol. The highest BCUT2D eigenvalue weighted by molar-refractivity contribution is 5.81. The van der Waals surface area contributed by atoms with E-state index in [4.69, 9.17) is 9.47 Å². The summed E-state index contributed by atoms with van der Waals surface area (Å²) in [6, 6.07) is 13.3. The summed E-state index contributed by atoms with van der Waals surface area (Å²) in [6.07, 6.45) is 0.777. The van der Waals surface area contributed by atoms with Crippen molar-refractivity contribution in [3.05, 3.63) is 69.8 Å². The number of benzene rings is 2. The number of nitro benzene ring substituents is 1. The molecule has 0 spiro atoms. The number of fused-ring (bicyclic) bond motifs is 1. The lowest BCUT2D eigenvalue weighted by Crippen LogP contribution is -2.38. The summed E-state index contributed by atoms with van der Waals surface area (Å²) in [5, 5.41) is 10.6. The lowest BCUT2D eigenvalue weighted by Gasteiger charge is -2.28. The number of esters is 1. The van der Waals surface area contributed by atoms with Crippen molar-refractivity contribution in [2.24, 2.45) is 0 Å². The van der Waals surface area contributed by atoms with E-state index in [1.807, 2.05) is 24.3 Å². The number of ether oxygens (including phenoxy) is 2. The SMILES string of the molecule is O=C(COc1ccc([N+](=O)[O-])cc1)OCC(=O)N1CCc2ccccc2C1. The lowest BCUT2D eigenvalue weighted by molar-refractivity contribution is -0.384. The maximum atomic E-state index is 12.2. The van der Waals surface area contributed by atoms with Crippen LogP contribution in [0.5, 0.6) is 5.75 Å². The maximum Gasteiger partial charge on any atom is 0.344 e. The van der Waals surface area contributed by atoms with Gasteiger partial charge in [0, 0.05) is 25.2 Å². The topological polar surface area (TPSA) is 99.0 Å². The van der Waals surface area contributed by atoms with Crippen LogP contribution >= 0.6 is 0 Å². The monoisotopic (exact) mass is 370 g/mol. The summed E-state index contributed by atoms with van der Waals surface area (Å²) in [5.41, 5.74) is 2.26. The molecule has 1 heterocycles. The van der Waals surface area contributed by atoms with Crippen LogP contribution < -0.4 is 4.74 Å². The van der Waals surface area contributed by atoms with Gasteiger partial charge in [-0.3, -0.25) is 14.9 Å². The van der Waals surface area contributed by atoms with Gasteiger partial charge in [-0.2, -0.15) is 0 Å². The van der Waals surface area contributed by atoms with Crippen LogP contribution in [0.1, 0.15) is 11.1 Å². The highest BCUT2D eigenvalue weighted by Crippen LogP contribution is 2.19. The van der Waals surface area contributed by atoms with Gasteiger partial charge in [0.1, 0.15) is 5.75 Å². The molecule has 0 aliphatic carbocycles. The molecule has 0 unspecified atom stereocenters. The number of hydrogen-bond acceptors (Lipinski definition) is 6. The number of amides is 1. The number of carbonyl (C=O) groups excluding carboxylic acids is 2. The minimum absolute atomic E-state index is 0.0707. The van der Waals surface area contributed by atoms with E-state index in [0.29, 0.717) is 18.8 Å². The second-order valence-corrected chi connectivity index (χ2v) is 6.03. The zero-order chi connectivity index (χ0) is 19.2. The molecule has 0 bridgehead atoms. The Morgan fingerprint density at radius 3 is 2.44 bits per heavy atom. The Morgan fingerprint density at radius 1 is 1.04 bits per heavy atom. The zero-order valence-electron chi connectivity index (χ0n) is 14.5. The highest BCUT2D eigenvalue weighted by atomic mass is 16.6. The normalized spacial score (nSPS) is 12.8.